The summed E-state index contributed by atoms with van der Waals surface area (Å²) >= 11 is 0. The highest BCUT2D eigenvalue weighted by atomic mass is 19.4. The van der Waals surface area contributed by atoms with Gasteiger partial charge >= 0.3 is 6.18 Å². The summed E-state index contributed by atoms with van der Waals surface area (Å²) in [4.78, 5) is 34.1. The van der Waals surface area contributed by atoms with E-state index < -0.39 is 11.7 Å². The maximum atomic E-state index is 13.6. The predicted octanol–water partition coefficient (Wildman–Crippen LogP) is 3.92. The van der Waals surface area contributed by atoms with Gasteiger partial charge in [0.15, 0.2) is 0 Å². The number of piperidine rings is 1. The quantitative estimate of drug-likeness (QED) is 0.580. The Balaban J connectivity index is 1.38. The normalized spacial score (nSPS) is 20.0. The average Bonchev–Trinajstić information content (AvgIpc) is 2.80. The lowest BCUT2D eigenvalue weighted by Gasteiger charge is -2.53. The number of halogens is 3. The molecule has 5 rings (SSSR count). The second kappa shape index (κ2) is 8.34. The second-order valence-corrected chi connectivity index (χ2v) is 8.81. The van der Waals surface area contributed by atoms with Crippen molar-refractivity contribution in [1.82, 2.24) is 24.8 Å². The molecule has 34 heavy (non-hydrogen) atoms. The van der Waals surface area contributed by atoms with E-state index in [2.05, 4.69) is 19.9 Å². The number of hydrogen-bond acceptors (Lipinski definition) is 6. The van der Waals surface area contributed by atoms with Gasteiger partial charge in [-0.15, -0.1) is 0 Å². The first kappa shape index (κ1) is 22.2. The number of fused-ring (bicyclic) bond motifs is 1. The van der Waals surface area contributed by atoms with E-state index in [-0.39, 0.29) is 17.9 Å². The Labute approximate surface area is 194 Å². The zero-order chi connectivity index (χ0) is 24.0. The van der Waals surface area contributed by atoms with Gasteiger partial charge in [-0.1, -0.05) is 6.07 Å². The minimum atomic E-state index is -4.48. The molecule has 2 atom stereocenters. The molecule has 0 spiro atoms. The van der Waals surface area contributed by atoms with Crippen LogP contribution < -0.4 is 4.90 Å². The standard InChI is InChI=1S/C24H23F3N6O/c1-14-4-3-8-28-20(14)18-6-5-15(2)31-21(18)22(34)32-9-7-16-12-33(19(16)13-32)23-29-10-17(11-30-23)24(25,26)27/h3-6,8,10-11,16,19H,7,9,12-13H2,1-2H3/t16-,19-/m0/s1. The minimum Gasteiger partial charge on any atom is -0.335 e. The first-order chi connectivity index (χ1) is 16.2. The maximum absolute atomic E-state index is 13.6. The Kier molecular flexibility index (Phi) is 5.45. The topological polar surface area (TPSA) is 75.1 Å². The van der Waals surface area contributed by atoms with Crippen LogP contribution in [-0.4, -0.2) is 56.4 Å². The molecule has 10 heteroatoms. The molecular formula is C24H23F3N6O. The van der Waals surface area contributed by atoms with Crippen molar-refractivity contribution >= 4 is 11.9 Å². The van der Waals surface area contributed by atoms with Gasteiger partial charge in [-0.2, -0.15) is 13.2 Å². The van der Waals surface area contributed by atoms with Gasteiger partial charge in [0.2, 0.25) is 5.95 Å². The predicted molar refractivity (Wildman–Crippen MR) is 119 cm³/mol. The van der Waals surface area contributed by atoms with Crippen molar-refractivity contribution < 1.29 is 18.0 Å². The summed E-state index contributed by atoms with van der Waals surface area (Å²) in [6.45, 7) is 5.48. The SMILES string of the molecule is Cc1ccc(-c2ncccc2C)c(C(=O)N2CC[C@H]3CN(c4ncc(C(F)(F)F)cn4)[C@H]3C2)n1. The van der Waals surface area contributed by atoms with Crippen LogP contribution in [0.25, 0.3) is 11.3 Å². The fourth-order valence-corrected chi connectivity index (χ4v) is 4.65. The summed E-state index contributed by atoms with van der Waals surface area (Å²) in [5.74, 6) is 0.419. The van der Waals surface area contributed by atoms with E-state index in [0.717, 1.165) is 35.8 Å². The molecule has 0 bridgehead atoms. The average molecular weight is 468 g/mol. The number of nitrogens with zero attached hydrogens (tertiary/aromatic N) is 6. The molecule has 3 aromatic heterocycles. The number of amides is 1. The Morgan fingerprint density at radius 3 is 2.53 bits per heavy atom. The van der Waals surface area contributed by atoms with Crippen LogP contribution in [0.4, 0.5) is 19.1 Å². The van der Waals surface area contributed by atoms with Gasteiger partial charge in [0, 0.05) is 55.4 Å². The lowest BCUT2D eigenvalue weighted by atomic mass is 9.82. The molecule has 0 unspecified atom stereocenters. The van der Waals surface area contributed by atoms with Gasteiger partial charge in [-0.05, 0) is 44.0 Å². The number of alkyl halides is 3. The lowest BCUT2D eigenvalue weighted by molar-refractivity contribution is -0.138. The zero-order valence-electron chi connectivity index (χ0n) is 18.8. The number of aryl methyl sites for hydroxylation is 2. The van der Waals surface area contributed by atoms with Crippen molar-refractivity contribution in [3.05, 3.63) is 65.4 Å². The molecule has 3 aromatic rings. The number of rotatable bonds is 3. The fourth-order valence-electron chi connectivity index (χ4n) is 4.65. The molecule has 1 amide bonds. The van der Waals surface area contributed by atoms with E-state index in [9.17, 15) is 18.0 Å². The molecule has 2 fully saturated rings. The summed E-state index contributed by atoms with van der Waals surface area (Å²) in [5, 5.41) is 0. The Morgan fingerprint density at radius 1 is 1.06 bits per heavy atom. The van der Waals surface area contributed by atoms with E-state index in [1.807, 2.05) is 43.0 Å². The first-order valence-electron chi connectivity index (χ1n) is 11.1. The van der Waals surface area contributed by atoms with Crippen LogP contribution in [0.3, 0.4) is 0 Å². The van der Waals surface area contributed by atoms with Gasteiger partial charge in [-0.3, -0.25) is 9.78 Å². The van der Waals surface area contributed by atoms with Crippen molar-refractivity contribution in [1.29, 1.82) is 0 Å². The molecule has 7 nitrogen and oxygen atoms in total. The molecule has 0 saturated carbocycles. The number of hydrogen-bond donors (Lipinski definition) is 0. The highest BCUT2D eigenvalue weighted by Gasteiger charge is 2.45. The molecule has 2 saturated heterocycles. The van der Waals surface area contributed by atoms with Crippen molar-refractivity contribution in [3.8, 4) is 11.3 Å². The molecule has 2 aliphatic rings. The number of carbonyl (C=O) groups excluding carboxylic acids is 1. The van der Waals surface area contributed by atoms with Crippen LogP contribution in [-0.2, 0) is 6.18 Å². The molecular weight excluding hydrogens is 445 g/mol. The number of anilines is 1. The minimum absolute atomic E-state index is 0.0423. The number of likely N-dealkylation sites (tertiary alicyclic amines) is 1. The molecule has 176 valence electrons. The molecule has 0 N–H and O–H groups in total. The van der Waals surface area contributed by atoms with Crippen molar-refractivity contribution in [2.75, 3.05) is 24.5 Å². The van der Waals surface area contributed by atoms with E-state index >= 15 is 0 Å². The molecule has 0 aliphatic carbocycles. The zero-order valence-corrected chi connectivity index (χ0v) is 18.8. The van der Waals surface area contributed by atoms with Crippen LogP contribution in [0.15, 0.2) is 42.9 Å². The van der Waals surface area contributed by atoms with Crippen molar-refractivity contribution in [2.24, 2.45) is 5.92 Å². The molecule has 0 aromatic carbocycles. The maximum Gasteiger partial charge on any atom is 0.419 e. The molecule has 0 radical (unpaired) electrons. The van der Waals surface area contributed by atoms with Crippen LogP contribution >= 0.6 is 0 Å². The van der Waals surface area contributed by atoms with Gasteiger partial charge in [-0.25, -0.2) is 15.0 Å². The lowest BCUT2D eigenvalue weighted by Crippen LogP contribution is -2.65. The second-order valence-electron chi connectivity index (χ2n) is 8.81. The molecule has 2 aliphatic heterocycles. The summed E-state index contributed by atoms with van der Waals surface area (Å²) in [6.07, 6.45) is -0.372. The monoisotopic (exact) mass is 468 g/mol. The summed E-state index contributed by atoms with van der Waals surface area (Å²) in [7, 11) is 0. The number of aromatic nitrogens is 4. The Morgan fingerprint density at radius 2 is 1.82 bits per heavy atom. The van der Waals surface area contributed by atoms with Crippen molar-refractivity contribution in [3.63, 3.8) is 0 Å². The van der Waals surface area contributed by atoms with Gasteiger partial charge < -0.3 is 9.80 Å². The third-order valence-corrected chi connectivity index (χ3v) is 6.56. The van der Waals surface area contributed by atoms with Gasteiger partial charge in [0.25, 0.3) is 5.91 Å². The van der Waals surface area contributed by atoms with Crippen LogP contribution in [0.5, 0.6) is 0 Å². The van der Waals surface area contributed by atoms with Crippen LogP contribution in [0.2, 0.25) is 0 Å². The van der Waals surface area contributed by atoms with Gasteiger partial charge in [0.05, 0.1) is 17.3 Å². The van der Waals surface area contributed by atoms with E-state index in [1.165, 1.54) is 0 Å². The Hall–Kier alpha value is -3.56. The third kappa shape index (κ3) is 3.97. The fraction of sp³-hybridized carbons (Fsp3) is 0.375. The summed E-state index contributed by atoms with van der Waals surface area (Å²) in [6, 6.07) is 7.49. The Bertz CT molecular complexity index is 1230. The van der Waals surface area contributed by atoms with E-state index in [1.54, 1.807) is 11.1 Å². The molecule has 5 heterocycles. The largest absolute Gasteiger partial charge is 0.419 e. The summed E-state index contributed by atoms with van der Waals surface area (Å²) in [5.41, 5.74) is 2.57. The van der Waals surface area contributed by atoms with E-state index in [0.29, 0.717) is 36.8 Å². The highest BCUT2D eigenvalue weighted by Crippen LogP contribution is 2.36. The number of carbonyl (C=O) groups is 1. The van der Waals surface area contributed by atoms with Crippen molar-refractivity contribution in [2.45, 2.75) is 32.5 Å². The number of pyridine rings is 2. The van der Waals surface area contributed by atoms with Crippen LogP contribution in [0, 0.1) is 19.8 Å². The third-order valence-electron chi connectivity index (χ3n) is 6.56. The van der Waals surface area contributed by atoms with Gasteiger partial charge in [0.1, 0.15) is 5.69 Å². The van der Waals surface area contributed by atoms with Crippen LogP contribution in [0.1, 0.15) is 33.7 Å². The highest BCUT2D eigenvalue weighted by molar-refractivity contribution is 5.99. The van der Waals surface area contributed by atoms with E-state index in [4.69, 9.17) is 0 Å². The first-order valence-corrected chi connectivity index (χ1v) is 11.1. The smallest absolute Gasteiger partial charge is 0.335 e. The summed E-state index contributed by atoms with van der Waals surface area (Å²) < 4.78 is 38.5.